The molecule has 2 atom stereocenters. The van der Waals surface area contributed by atoms with Crippen LogP contribution in [0.5, 0.6) is 0 Å². The van der Waals surface area contributed by atoms with Gasteiger partial charge in [0.1, 0.15) is 11.7 Å². The van der Waals surface area contributed by atoms with Gasteiger partial charge >= 0.3 is 12.1 Å². The molecule has 3 rings (SSSR count). The molecule has 3 aromatic rings. The minimum Gasteiger partial charge on any atom is -0.475 e. The van der Waals surface area contributed by atoms with Gasteiger partial charge in [-0.15, -0.1) is 11.3 Å². The van der Waals surface area contributed by atoms with Crippen molar-refractivity contribution in [3.05, 3.63) is 51.7 Å². The van der Waals surface area contributed by atoms with Crippen molar-refractivity contribution >= 4 is 28.3 Å². The molecular formula is C18H17F3N2O4S. The molecule has 28 heavy (non-hydrogen) atoms. The van der Waals surface area contributed by atoms with E-state index in [1.54, 1.807) is 12.1 Å². The van der Waals surface area contributed by atoms with Crippen LogP contribution in [-0.2, 0) is 12.6 Å². The highest BCUT2D eigenvalue weighted by molar-refractivity contribution is 7.09. The number of alkyl halides is 3. The standard InChI is InChI=1S/C18H17F3N2O4S/c1-9(22-7-13(24)12-8-28-17(23-12)18(19,20)21)5-10-3-2-4-14-11(10)6-15(27-14)16(25)26/h2-4,6,8-9,13,22,24H,5,7H2,1H3,(H,25,26)/t9-,13+/m1/s1. The number of carboxylic acid groups (broad SMARTS) is 1. The van der Waals surface area contributed by atoms with Crippen LogP contribution in [0.15, 0.2) is 34.1 Å². The van der Waals surface area contributed by atoms with Crippen LogP contribution in [0.4, 0.5) is 13.2 Å². The molecule has 0 unspecified atom stereocenters. The second kappa shape index (κ2) is 7.90. The van der Waals surface area contributed by atoms with Crippen LogP contribution in [0, 0.1) is 0 Å². The lowest BCUT2D eigenvalue weighted by Gasteiger charge is -2.16. The summed E-state index contributed by atoms with van der Waals surface area (Å²) in [5.41, 5.74) is 1.29. The second-order valence-corrected chi connectivity index (χ2v) is 7.21. The lowest BCUT2D eigenvalue weighted by molar-refractivity contribution is -0.137. The maximum atomic E-state index is 12.6. The Morgan fingerprint density at radius 1 is 1.39 bits per heavy atom. The molecule has 3 N–H and O–H groups in total. The Bertz CT molecular complexity index is 983. The number of benzene rings is 1. The second-order valence-electron chi connectivity index (χ2n) is 6.35. The predicted molar refractivity (Wildman–Crippen MR) is 96.4 cm³/mol. The number of aromatic carboxylic acids is 1. The molecule has 0 saturated heterocycles. The highest BCUT2D eigenvalue weighted by Crippen LogP contribution is 2.32. The van der Waals surface area contributed by atoms with Gasteiger partial charge in [0.15, 0.2) is 5.01 Å². The van der Waals surface area contributed by atoms with Crippen molar-refractivity contribution in [2.45, 2.75) is 31.7 Å². The number of nitrogens with zero attached hydrogens (tertiary/aromatic N) is 1. The van der Waals surface area contributed by atoms with E-state index in [1.165, 1.54) is 11.4 Å². The number of aliphatic hydroxyl groups is 1. The van der Waals surface area contributed by atoms with Gasteiger partial charge in [0.25, 0.3) is 0 Å². The molecule has 0 aliphatic heterocycles. The number of carboxylic acids is 1. The van der Waals surface area contributed by atoms with E-state index in [9.17, 15) is 23.1 Å². The van der Waals surface area contributed by atoms with E-state index in [1.807, 2.05) is 13.0 Å². The zero-order chi connectivity index (χ0) is 20.5. The van der Waals surface area contributed by atoms with Gasteiger partial charge in [0.05, 0.1) is 5.69 Å². The summed E-state index contributed by atoms with van der Waals surface area (Å²) in [7, 11) is 0. The van der Waals surface area contributed by atoms with Gasteiger partial charge in [-0.2, -0.15) is 13.2 Å². The lowest BCUT2D eigenvalue weighted by atomic mass is 10.0. The van der Waals surface area contributed by atoms with Gasteiger partial charge < -0.3 is 19.9 Å². The van der Waals surface area contributed by atoms with Crippen LogP contribution in [0.2, 0.25) is 0 Å². The van der Waals surface area contributed by atoms with Crippen LogP contribution in [0.25, 0.3) is 11.0 Å². The minimum atomic E-state index is -4.53. The molecule has 0 amide bonds. The number of fused-ring (bicyclic) bond motifs is 1. The zero-order valence-electron chi connectivity index (χ0n) is 14.7. The first kappa shape index (κ1) is 20.3. The number of aromatic nitrogens is 1. The number of hydrogen-bond acceptors (Lipinski definition) is 6. The summed E-state index contributed by atoms with van der Waals surface area (Å²) in [6.45, 7) is 1.88. The van der Waals surface area contributed by atoms with Crippen molar-refractivity contribution in [1.82, 2.24) is 10.3 Å². The third-order valence-electron chi connectivity index (χ3n) is 4.15. The molecule has 0 spiro atoms. The zero-order valence-corrected chi connectivity index (χ0v) is 15.5. The molecule has 1 aromatic carbocycles. The number of rotatable bonds is 7. The summed E-state index contributed by atoms with van der Waals surface area (Å²) in [4.78, 5) is 14.5. The van der Waals surface area contributed by atoms with E-state index in [0.717, 1.165) is 5.56 Å². The number of aliphatic hydroxyl groups excluding tert-OH is 1. The first-order valence-corrected chi connectivity index (χ1v) is 9.22. The van der Waals surface area contributed by atoms with E-state index < -0.39 is 23.3 Å². The topological polar surface area (TPSA) is 95.6 Å². The fourth-order valence-corrected chi connectivity index (χ4v) is 3.53. The molecule has 0 aliphatic rings. The first-order valence-electron chi connectivity index (χ1n) is 8.34. The van der Waals surface area contributed by atoms with Crippen molar-refractivity contribution in [3.8, 4) is 0 Å². The predicted octanol–water partition coefficient (Wildman–Crippen LogP) is 3.86. The average molecular weight is 414 g/mol. The summed E-state index contributed by atoms with van der Waals surface area (Å²) < 4.78 is 43.1. The largest absolute Gasteiger partial charge is 0.475 e. The average Bonchev–Trinajstić information content (AvgIpc) is 3.27. The van der Waals surface area contributed by atoms with Crippen LogP contribution < -0.4 is 5.32 Å². The minimum absolute atomic E-state index is 0.0277. The summed E-state index contributed by atoms with van der Waals surface area (Å²) in [5, 5.41) is 23.1. The number of carbonyl (C=O) groups is 1. The lowest BCUT2D eigenvalue weighted by Crippen LogP contribution is -2.32. The first-order chi connectivity index (χ1) is 13.1. The van der Waals surface area contributed by atoms with E-state index in [4.69, 9.17) is 9.52 Å². The van der Waals surface area contributed by atoms with Crippen molar-refractivity contribution in [1.29, 1.82) is 0 Å². The molecule has 2 aromatic heterocycles. The molecule has 0 fully saturated rings. The molecule has 10 heteroatoms. The SMILES string of the molecule is C[C@H](Cc1cccc2oc(C(=O)O)cc12)NC[C@H](O)c1csc(C(F)(F)F)n1. The molecule has 0 saturated carbocycles. The van der Waals surface area contributed by atoms with E-state index >= 15 is 0 Å². The fraction of sp³-hybridized carbons (Fsp3) is 0.333. The summed E-state index contributed by atoms with van der Waals surface area (Å²) in [5.74, 6) is -1.31. The van der Waals surface area contributed by atoms with E-state index in [-0.39, 0.29) is 24.0 Å². The molecule has 0 radical (unpaired) electrons. The molecule has 2 heterocycles. The van der Waals surface area contributed by atoms with Gasteiger partial charge in [-0.3, -0.25) is 0 Å². The van der Waals surface area contributed by atoms with Crippen molar-refractivity contribution in [3.63, 3.8) is 0 Å². The van der Waals surface area contributed by atoms with Crippen LogP contribution in [-0.4, -0.2) is 33.8 Å². The highest BCUT2D eigenvalue weighted by atomic mass is 32.1. The number of halogens is 3. The van der Waals surface area contributed by atoms with E-state index in [0.29, 0.717) is 28.7 Å². The third-order valence-corrected chi connectivity index (χ3v) is 5.06. The normalized spacial score (nSPS) is 14.3. The fourth-order valence-electron chi connectivity index (χ4n) is 2.79. The molecular weight excluding hydrogens is 397 g/mol. The number of nitrogens with one attached hydrogen (secondary N) is 1. The Hall–Kier alpha value is -2.43. The number of hydrogen-bond donors (Lipinski definition) is 3. The Morgan fingerprint density at radius 2 is 2.14 bits per heavy atom. The third kappa shape index (κ3) is 4.51. The van der Waals surface area contributed by atoms with E-state index in [2.05, 4.69) is 10.3 Å². The Balaban J connectivity index is 1.63. The van der Waals surface area contributed by atoms with Crippen molar-refractivity contribution in [2.75, 3.05) is 6.54 Å². The molecule has 0 aliphatic carbocycles. The van der Waals surface area contributed by atoms with Crippen LogP contribution >= 0.6 is 11.3 Å². The van der Waals surface area contributed by atoms with Gasteiger partial charge in [-0.05, 0) is 31.0 Å². The Kier molecular flexibility index (Phi) is 5.73. The van der Waals surface area contributed by atoms with Gasteiger partial charge in [-0.25, -0.2) is 9.78 Å². The molecule has 6 nitrogen and oxygen atoms in total. The van der Waals surface area contributed by atoms with Gasteiger partial charge in [-0.1, -0.05) is 12.1 Å². The summed E-state index contributed by atoms with van der Waals surface area (Å²) in [6, 6.07) is 6.59. The maximum absolute atomic E-state index is 12.6. The van der Waals surface area contributed by atoms with Crippen LogP contribution in [0.1, 0.15) is 39.8 Å². The number of thiazole rings is 1. The monoisotopic (exact) mass is 414 g/mol. The Labute approximate surface area is 161 Å². The van der Waals surface area contributed by atoms with Crippen molar-refractivity contribution < 1.29 is 32.6 Å². The van der Waals surface area contributed by atoms with Crippen molar-refractivity contribution in [2.24, 2.45) is 0 Å². The number of furan rings is 1. The maximum Gasteiger partial charge on any atom is 0.443 e. The summed E-state index contributed by atoms with van der Waals surface area (Å²) >= 11 is 0.445. The quantitative estimate of drug-likeness (QED) is 0.543. The Morgan fingerprint density at radius 3 is 2.79 bits per heavy atom. The van der Waals surface area contributed by atoms with Crippen LogP contribution in [0.3, 0.4) is 0 Å². The smallest absolute Gasteiger partial charge is 0.443 e. The molecule has 150 valence electrons. The highest BCUT2D eigenvalue weighted by Gasteiger charge is 2.35. The van der Waals surface area contributed by atoms with Gasteiger partial charge in [0, 0.05) is 23.4 Å². The summed E-state index contributed by atoms with van der Waals surface area (Å²) in [6.07, 6.45) is -5.19. The van der Waals surface area contributed by atoms with Gasteiger partial charge in [0.2, 0.25) is 5.76 Å². The molecule has 0 bridgehead atoms.